The minimum atomic E-state index is -0.464. The van der Waals surface area contributed by atoms with Gasteiger partial charge in [0, 0.05) is 10.7 Å². The molecule has 0 radical (unpaired) electrons. The van der Waals surface area contributed by atoms with Crippen LogP contribution in [0.2, 0.25) is 5.02 Å². The average molecular weight is 355 g/mol. The zero-order valence-electron chi connectivity index (χ0n) is 14.4. The smallest absolute Gasteiger partial charge is 0.266 e. The molecule has 1 amide bonds. The van der Waals surface area contributed by atoms with E-state index in [0.29, 0.717) is 28.6 Å². The maximum Gasteiger partial charge on any atom is 0.266 e. The lowest BCUT2D eigenvalue weighted by Crippen LogP contribution is -2.14. The molecular weight excluding hydrogens is 336 g/mol. The van der Waals surface area contributed by atoms with Crippen molar-refractivity contribution in [1.82, 2.24) is 0 Å². The van der Waals surface area contributed by atoms with Gasteiger partial charge in [-0.2, -0.15) is 5.26 Å². The molecule has 128 valence electrons. The van der Waals surface area contributed by atoms with E-state index in [9.17, 15) is 10.1 Å². The number of hydrogen-bond acceptors (Lipinski definition) is 3. The Balaban J connectivity index is 2.29. The Kier molecular flexibility index (Phi) is 6.21. The molecule has 25 heavy (non-hydrogen) atoms. The van der Waals surface area contributed by atoms with Crippen molar-refractivity contribution in [3.63, 3.8) is 0 Å². The third-order valence-corrected chi connectivity index (χ3v) is 3.95. The molecule has 2 aromatic carbocycles. The molecule has 4 nitrogen and oxygen atoms in total. The largest absolute Gasteiger partial charge is 0.494 e. The second-order valence-corrected chi connectivity index (χ2v) is 5.96. The van der Waals surface area contributed by atoms with Gasteiger partial charge in [0.1, 0.15) is 17.4 Å². The number of hydrogen-bond donors (Lipinski definition) is 1. The molecule has 0 heterocycles. The van der Waals surface area contributed by atoms with Crippen molar-refractivity contribution in [3.8, 4) is 11.8 Å². The minimum absolute atomic E-state index is 0.00868. The normalized spacial score (nSPS) is 10.9. The van der Waals surface area contributed by atoms with Crippen molar-refractivity contribution in [3.05, 3.63) is 63.7 Å². The van der Waals surface area contributed by atoms with E-state index in [2.05, 4.69) is 5.32 Å². The molecule has 1 N–H and O–H groups in total. The van der Waals surface area contributed by atoms with Crippen LogP contribution in [0.3, 0.4) is 0 Å². The molecule has 0 saturated heterocycles. The van der Waals surface area contributed by atoms with E-state index in [1.54, 1.807) is 18.2 Å². The number of ether oxygens (including phenoxy) is 1. The van der Waals surface area contributed by atoms with E-state index >= 15 is 0 Å². The summed E-state index contributed by atoms with van der Waals surface area (Å²) >= 11 is 6.07. The SMILES string of the molecule is CCOc1cc(Cl)cc(/C=C(\C#N)C(=O)Nc2cccc(C)c2C)c1. The van der Waals surface area contributed by atoms with E-state index in [-0.39, 0.29) is 5.57 Å². The number of halogens is 1. The first-order valence-electron chi connectivity index (χ1n) is 7.87. The van der Waals surface area contributed by atoms with Gasteiger partial charge in [-0.05, 0) is 67.8 Å². The second-order valence-electron chi connectivity index (χ2n) is 5.52. The third kappa shape index (κ3) is 4.85. The number of anilines is 1. The van der Waals surface area contributed by atoms with Crippen molar-refractivity contribution in [2.75, 3.05) is 11.9 Å². The molecule has 0 aliphatic rings. The minimum Gasteiger partial charge on any atom is -0.494 e. The van der Waals surface area contributed by atoms with Gasteiger partial charge in [-0.25, -0.2) is 0 Å². The lowest BCUT2D eigenvalue weighted by atomic mass is 10.1. The number of nitrogens with one attached hydrogen (secondary N) is 1. The molecule has 0 spiro atoms. The molecule has 0 unspecified atom stereocenters. The summed E-state index contributed by atoms with van der Waals surface area (Å²) in [5.41, 5.74) is 3.34. The number of rotatable bonds is 5. The summed E-state index contributed by atoms with van der Waals surface area (Å²) in [5, 5.41) is 12.6. The number of amides is 1. The van der Waals surface area contributed by atoms with Crippen LogP contribution >= 0.6 is 11.6 Å². The molecule has 0 aliphatic carbocycles. The average Bonchev–Trinajstić information content (AvgIpc) is 2.56. The fraction of sp³-hybridized carbons (Fsp3) is 0.200. The van der Waals surface area contributed by atoms with Crippen LogP contribution in [-0.4, -0.2) is 12.5 Å². The van der Waals surface area contributed by atoms with Gasteiger partial charge in [-0.3, -0.25) is 4.79 Å². The summed E-state index contributed by atoms with van der Waals surface area (Å²) < 4.78 is 5.43. The molecule has 0 fully saturated rings. The number of aryl methyl sites for hydroxylation is 1. The molecule has 5 heteroatoms. The van der Waals surface area contributed by atoms with Crippen LogP contribution in [0.25, 0.3) is 6.08 Å². The Labute approximate surface area is 152 Å². The van der Waals surface area contributed by atoms with Crippen LogP contribution in [0, 0.1) is 25.2 Å². The van der Waals surface area contributed by atoms with E-state index in [0.717, 1.165) is 11.1 Å². The first-order valence-corrected chi connectivity index (χ1v) is 8.25. The molecular formula is C20H19ClN2O2. The van der Waals surface area contributed by atoms with E-state index < -0.39 is 5.91 Å². The van der Waals surface area contributed by atoms with Crippen molar-refractivity contribution < 1.29 is 9.53 Å². The Morgan fingerprint density at radius 3 is 2.76 bits per heavy atom. The fourth-order valence-corrected chi connectivity index (χ4v) is 2.54. The van der Waals surface area contributed by atoms with Crippen LogP contribution in [0.4, 0.5) is 5.69 Å². The summed E-state index contributed by atoms with van der Waals surface area (Å²) in [4.78, 5) is 12.4. The molecule has 2 rings (SSSR count). The first-order chi connectivity index (χ1) is 11.9. The standard InChI is InChI=1S/C20H19ClN2O2/c1-4-25-18-10-15(9-17(21)11-18)8-16(12-22)20(24)23-19-7-5-6-13(2)14(19)3/h5-11H,4H2,1-3H3,(H,23,24)/b16-8+. The number of nitrogens with zero attached hydrogens (tertiary/aromatic N) is 1. The lowest BCUT2D eigenvalue weighted by molar-refractivity contribution is -0.112. The molecule has 0 atom stereocenters. The number of nitriles is 1. The summed E-state index contributed by atoms with van der Waals surface area (Å²) in [5.74, 6) is 0.127. The van der Waals surface area contributed by atoms with Crippen LogP contribution in [0.1, 0.15) is 23.6 Å². The zero-order valence-corrected chi connectivity index (χ0v) is 15.1. The zero-order chi connectivity index (χ0) is 18.4. The highest BCUT2D eigenvalue weighted by molar-refractivity contribution is 6.30. The van der Waals surface area contributed by atoms with Gasteiger partial charge in [-0.1, -0.05) is 23.7 Å². The van der Waals surface area contributed by atoms with E-state index in [1.165, 1.54) is 6.08 Å². The third-order valence-electron chi connectivity index (χ3n) is 3.73. The topological polar surface area (TPSA) is 62.1 Å². The predicted octanol–water partition coefficient (Wildman–Crippen LogP) is 4.90. The molecule has 0 aliphatic heterocycles. The van der Waals surface area contributed by atoms with Crippen molar-refractivity contribution in [1.29, 1.82) is 5.26 Å². The lowest BCUT2D eigenvalue weighted by Gasteiger charge is -2.10. The fourth-order valence-electron chi connectivity index (χ4n) is 2.31. The molecule has 2 aromatic rings. The highest BCUT2D eigenvalue weighted by Crippen LogP contribution is 2.23. The number of carbonyl (C=O) groups is 1. The van der Waals surface area contributed by atoms with Crippen molar-refractivity contribution >= 4 is 29.3 Å². The maximum absolute atomic E-state index is 12.4. The van der Waals surface area contributed by atoms with Gasteiger partial charge in [0.25, 0.3) is 5.91 Å². The predicted molar refractivity (Wildman–Crippen MR) is 101 cm³/mol. The Bertz CT molecular complexity index is 866. The van der Waals surface area contributed by atoms with Gasteiger partial charge < -0.3 is 10.1 Å². The highest BCUT2D eigenvalue weighted by Gasteiger charge is 2.12. The van der Waals surface area contributed by atoms with E-state index in [1.807, 2.05) is 45.0 Å². The molecule has 0 bridgehead atoms. The summed E-state index contributed by atoms with van der Waals surface area (Å²) in [7, 11) is 0. The molecule has 0 saturated carbocycles. The van der Waals surface area contributed by atoms with Crippen LogP contribution in [-0.2, 0) is 4.79 Å². The summed E-state index contributed by atoms with van der Waals surface area (Å²) in [6.45, 7) is 6.26. The summed E-state index contributed by atoms with van der Waals surface area (Å²) in [6, 6.07) is 12.7. The van der Waals surface area contributed by atoms with Crippen molar-refractivity contribution in [2.45, 2.75) is 20.8 Å². The monoisotopic (exact) mass is 354 g/mol. The Hall–Kier alpha value is -2.77. The van der Waals surface area contributed by atoms with Gasteiger partial charge >= 0.3 is 0 Å². The van der Waals surface area contributed by atoms with Gasteiger partial charge in [0.2, 0.25) is 0 Å². The van der Waals surface area contributed by atoms with Gasteiger partial charge in [0.05, 0.1) is 6.61 Å². The maximum atomic E-state index is 12.4. The van der Waals surface area contributed by atoms with Gasteiger partial charge in [-0.15, -0.1) is 0 Å². The van der Waals surface area contributed by atoms with Crippen molar-refractivity contribution in [2.24, 2.45) is 0 Å². The Morgan fingerprint density at radius 1 is 1.32 bits per heavy atom. The quantitative estimate of drug-likeness (QED) is 0.613. The highest BCUT2D eigenvalue weighted by atomic mass is 35.5. The summed E-state index contributed by atoms with van der Waals surface area (Å²) in [6.07, 6.45) is 1.49. The second kappa shape index (κ2) is 8.36. The first kappa shape index (κ1) is 18.6. The van der Waals surface area contributed by atoms with Crippen LogP contribution in [0.15, 0.2) is 42.0 Å². The van der Waals surface area contributed by atoms with Crippen LogP contribution in [0.5, 0.6) is 5.75 Å². The van der Waals surface area contributed by atoms with Crippen LogP contribution < -0.4 is 10.1 Å². The number of benzene rings is 2. The van der Waals surface area contributed by atoms with Gasteiger partial charge in [0.15, 0.2) is 0 Å². The molecule has 0 aromatic heterocycles. The van der Waals surface area contributed by atoms with E-state index in [4.69, 9.17) is 16.3 Å². The Morgan fingerprint density at radius 2 is 2.08 bits per heavy atom. The number of carbonyl (C=O) groups excluding carboxylic acids is 1.